The highest BCUT2D eigenvalue weighted by Crippen LogP contribution is 2.13. The molecular formula is C14H21IN2O2. The summed E-state index contributed by atoms with van der Waals surface area (Å²) in [4.78, 5) is 11.7. The van der Waals surface area contributed by atoms with Gasteiger partial charge in [0.2, 0.25) is 0 Å². The molecule has 0 radical (unpaired) electrons. The number of carbonyl (C=O) groups is 1. The Balaban J connectivity index is 2.34. The maximum Gasteiger partial charge on any atom is 0.258 e. The fraction of sp³-hybridized carbons (Fsp3) is 0.500. The Morgan fingerprint density at radius 2 is 1.89 bits per heavy atom. The van der Waals surface area contributed by atoms with E-state index in [1.807, 2.05) is 38.1 Å². The number of hydrogen-bond donors (Lipinski definition) is 2. The van der Waals surface area contributed by atoms with Crippen LogP contribution >= 0.6 is 22.6 Å². The summed E-state index contributed by atoms with van der Waals surface area (Å²) in [5.74, 6) is 0.552. The third-order valence-corrected chi connectivity index (χ3v) is 3.95. The molecule has 0 heterocycles. The van der Waals surface area contributed by atoms with Crippen LogP contribution in [-0.2, 0) is 4.79 Å². The smallest absolute Gasteiger partial charge is 0.258 e. The Kier molecular flexibility index (Phi) is 6.57. The number of hydrogen-bond acceptors (Lipinski definition) is 3. The molecule has 1 aromatic rings. The molecule has 0 saturated heterocycles. The first-order chi connectivity index (χ1) is 8.99. The second-order valence-electron chi connectivity index (χ2n) is 4.59. The van der Waals surface area contributed by atoms with E-state index in [1.54, 1.807) is 0 Å². The molecule has 0 saturated carbocycles. The van der Waals surface area contributed by atoms with Gasteiger partial charge in [0.25, 0.3) is 5.91 Å². The van der Waals surface area contributed by atoms with Gasteiger partial charge in [0.05, 0.1) is 0 Å². The van der Waals surface area contributed by atoms with Crippen molar-refractivity contribution in [3.8, 4) is 5.75 Å². The lowest BCUT2D eigenvalue weighted by atomic mass is 9.94. The minimum absolute atomic E-state index is 0.0180. The van der Waals surface area contributed by atoms with Crippen LogP contribution in [0.2, 0.25) is 0 Å². The Hall–Kier alpha value is -0.820. The van der Waals surface area contributed by atoms with Crippen molar-refractivity contribution < 1.29 is 9.53 Å². The van der Waals surface area contributed by atoms with Gasteiger partial charge in [0.1, 0.15) is 5.75 Å². The highest BCUT2D eigenvalue weighted by Gasteiger charge is 2.20. The number of nitrogens with two attached hydrogens (primary N) is 1. The summed E-state index contributed by atoms with van der Waals surface area (Å²) in [7, 11) is 0. The second-order valence-corrected chi connectivity index (χ2v) is 5.83. The lowest BCUT2D eigenvalue weighted by Gasteiger charge is -2.26. The van der Waals surface area contributed by atoms with Crippen molar-refractivity contribution in [3.05, 3.63) is 27.8 Å². The Bertz CT molecular complexity index is 402. The number of carbonyl (C=O) groups excluding carboxylic acids is 1. The molecule has 0 atom stereocenters. The minimum Gasteiger partial charge on any atom is -0.484 e. The van der Waals surface area contributed by atoms with Crippen LogP contribution in [-0.4, -0.2) is 24.6 Å². The van der Waals surface area contributed by atoms with Gasteiger partial charge in [-0.1, -0.05) is 13.8 Å². The normalized spacial score (nSPS) is 11.2. The molecule has 4 nitrogen and oxygen atoms in total. The minimum atomic E-state index is -0.321. The van der Waals surface area contributed by atoms with Crippen molar-refractivity contribution in [2.75, 3.05) is 13.2 Å². The average molecular weight is 376 g/mol. The van der Waals surface area contributed by atoms with Crippen molar-refractivity contribution in [1.82, 2.24) is 5.32 Å². The molecule has 0 aliphatic carbocycles. The summed E-state index contributed by atoms with van der Waals surface area (Å²) in [5, 5.41) is 2.82. The van der Waals surface area contributed by atoms with Gasteiger partial charge in [0, 0.05) is 15.7 Å². The number of amides is 1. The van der Waals surface area contributed by atoms with Crippen molar-refractivity contribution >= 4 is 28.5 Å². The van der Waals surface area contributed by atoms with E-state index in [-0.39, 0.29) is 18.1 Å². The van der Waals surface area contributed by atoms with Gasteiger partial charge >= 0.3 is 0 Å². The third-order valence-electron chi connectivity index (χ3n) is 3.23. The molecule has 0 spiro atoms. The highest BCUT2D eigenvalue weighted by molar-refractivity contribution is 14.1. The molecule has 0 aliphatic rings. The van der Waals surface area contributed by atoms with Crippen LogP contribution in [0.5, 0.6) is 5.75 Å². The maximum absolute atomic E-state index is 11.7. The molecule has 106 valence electrons. The lowest BCUT2D eigenvalue weighted by Crippen LogP contribution is -2.50. The summed E-state index contributed by atoms with van der Waals surface area (Å²) < 4.78 is 6.53. The standard InChI is InChI=1S/C14H21IN2O2/c1-3-14(16,4-2)10-17-13(18)9-19-12-7-5-11(15)6-8-12/h5-8H,3-4,9-10,16H2,1-2H3,(H,17,18). The van der Waals surface area contributed by atoms with E-state index >= 15 is 0 Å². The van der Waals surface area contributed by atoms with E-state index in [0.29, 0.717) is 12.3 Å². The van der Waals surface area contributed by atoms with Crippen LogP contribution < -0.4 is 15.8 Å². The number of nitrogens with one attached hydrogen (secondary N) is 1. The predicted octanol–water partition coefficient (Wildman–Crippen LogP) is 2.30. The molecule has 0 aromatic heterocycles. The lowest BCUT2D eigenvalue weighted by molar-refractivity contribution is -0.123. The third kappa shape index (κ3) is 5.78. The first-order valence-electron chi connectivity index (χ1n) is 6.43. The highest BCUT2D eigenvalue weighted by atomic mass is 127. The fourth-order valence-corrected chi connectivity index (χ4v) is 1.86. The van der Waals surface area contributed by atoms with E-state index in [2.05, 4.69) is 27.9 Å². The molecule has 0 bridgehead atoms. The van der Waals surface area contributed by atoms with E-state index in [4.69, 9.17) is 10.5 Å². The zero-order valence-corrected chi connectivity index (χ0v) is 13.6. The second kappa shape index (κ2) is 7.69. The van der Waals surface area contributed by atoms with Gasteiger partial charge in [-0.15, -0.1) is 0 Å². The molecule has 3 N–H and O–H groups in total. The first-order valence-corrected chi connectivity index (χ1v) is 7.51. The molecule has 0 unspecified atom stereocenters. The quantitative estimate of drug-likeness (QED) is 0.718. The Labute approximate surface area is 128 Å². The molecule has 1 rings (SSSR count). The van der Waals surface area contributed by atoms with E-state index in [1.165, 1.54) is 0 Å². The van der Waals surface area contributed by atoms with Gasteiger partial charge in [-0.3, -0.25) is 4.79 Å². The molecule has 1 aromatic carbocycles. The number of ether oxygens (including phenoxy) is 1. The summed E-state index contributed by atoms with van der Waals surface area (Å²) in [6.07, 6.45) is 1.67. The SMILES string of the molecule is CCC(N)(CC)CNC(=O)COc1ccc(I)cc1. The van der Waals surface area contributed by atoms with Crippen LogP contribution in [0.25, 0.3) is 0 Å². The summed E-state index contributed by atoms with van der Waals surface area (Å²) in [6, 6.07) is 7.57. The Morgan fingerprint density at radius 3 is 2.42 bits per heavy atom. The number of halogens is 1. The van der Waals surface area contributed by atoms with Crippen molar-refractivity contribution in [3.63, 3.8) is 0 Å². The molecule has 0 aliphatic heterocycles. The van der Waals surface area contributed by atoms with Gasteiger partial charge in [-0.2, -0.15) is 0 Å². The Morgan fingerprint density at radius 1 is 1.32 bits per heavy atom. The maximum atomic E-state index is 11.7. The van der Waals surface area contributed by atoms with Gasteiger partial charge in [0.15, 0.2) is 6.61 Å². The predicted molar refractivity (Wildman–Crippen MR) is 85.2 cm³/mol. The van der Waals surface area contributed by atoms with Gasteiger partial charge < -0.3 is 15.8 Å². The first kappa shape index (κ1) is 16.2. The number of rotatable bonds is 7. The topological polar surface area (TPSA) is 64.3 Å². The molecule has 19 heavy (non-hydrogen) atoms. The van der Waals surface area contributed by atoms with E-state index < -0.39 is 0 Å². The van der Waals surface area contributed by atoms with Crippen molar-refractivity contribution in [2.45, 2.75) is 32.2 Å². The average Bonchev–Trinajstić information content (AvgIpc) is 2.44. The van der Waals surface area contributed by atoms with E-state index in [9.17, 15) is 4.79 Å². The zero-order chi connectivity index (χ0) is 14.3. The van der Waals surface area contributed by atoms with Crippen LogP contribution in [0.1, 0.15) is 26.7 Å². The molecule has 1 amide bonds. The zero-order valence-electron chi connectivity index (χ0n) is 11.4. The fourth-order valence-electron chi connectivity index (χ4n) is 1.51. The van der Waals surface area contributed by atoms with E-state index in [0.717, 1.165) is 16.4 Å². The van der Waals surface area contributed by atoms with Gasteiger partial charge in [-0.05, 0) is 59.7 Å². The van der Waals surface area contributed by atoms with Crippen LogP contribution in [0, 0.1) is 3.57 Å². The number of benzene rings is 1. The largest absolute Gasteiger partial charge is 0.484 e. The monoisotopic (exact) mass is 376 g/mol. The van der Waals surface area contributed by atoms with Crippen LogP contribution in [0.3, 0.4) is 0 Å². The molecule has 5 heteroatoms. The van der Waals surface area contributed by atoms with Crippen molar-refractivity contribution in [1.29, 1.82) is 0 Å². The molecular weight excluding hydrogens is 355 g/mol. The van der Waals surface area contributed by atoms with Crippen molar-refractivity contribution in [2.24, 2.45) is 5.73 Å². The summed E-state index contributed by atoms with van der Waals surface area (Å²) in [6.45, 7) is 4.55. The molecule has 0 fully saturated rings. The summed E-state index contributed by atoms with van der Waals surface area (Å²) >= 11 is 2.22. The van der Waals surface area contributed by atoms with Gasteiger partial charge in [-0.25, -0.2) is 0 Å². The van der Waals surface area contributed by atoms with Crippen LogP contribution in [0.15, 0.2) is 24.3 Å². The summed E-state index contributed by atoms with van der Waals surface area (Å²) in [5.41, 5.74) is 5.79. The van der Waals surface area contributed by atoms with Crippen LogP contribution in [0.4, 0.5) is 0 Å².